The fourth-order valence-corrected chi connectivity index (χ4v) is 5.61. The van der Waals surface area contributed by atoms with Gasteiger partial charge in [0.1, 0.15) is 0 Å². The normalized spacial score (nSPS) is 11.6. The summed E-state index contributed by atoms with van der Waals surface area (Å²) in [5, 5.41) is 6.84. The van der Waals surface area contributed by atoms with E-state index in [0.29, 0.717) is 12.1 Å². The molecule has 1 heterocycles. The van der Waals surface area contributed by atoms with E-state index in [-0.39, 0.29) is 17.8 Å². The Morgan fingerprint density at radius 3 is 1.76 bits per heavy atom. The van der Waals surface area contributed by atoms with Gasteiger partial charge < -0.3 is 0 Å². The molecule has 38 heavy (non-hydrogen) atoms. The number of nitrogens with zero attached hydrogens (tertiary/aromatic N) is 2. The van der Waals surface area contributed by atoms with Crippen LogP contribution < -0.4 is 11.2 Å². The molecule has 0 saturated heterocycles. The Kier molecular flexibility index (Phi) is 5.19. The lowest BCUT2D eigenvalue weighted by Crippen LogP contribution is -2.40. The number of hydrogen-bond acceptors (Lipinski definition) is 2. The van der Waals surface area contributed by atoms with E-state index in [0.717, 1.165) is 32.8 Å². The molecule has 0 amide bonds. The molecule has 0 bridgehead atoms. The van der Waals surface area contributed by atoms with Gasteiger partial charge in [-0.2, -0.15) is 0 Å². The van der Waals surface area contributed by atoms with E-state index >= 15 is 0 Å². The molecule has 4 heteroatoms. The van der Waals surface area contributed by atoms with Crippen LogP contribution in [0.5, 0.6) is 0 Å². The Labute approximate surface area is 219 Å². The third kappa shape index (κ3) is 3.61. The molecule has 6 aromatic carbocycles. The number of rotatable bonds is 5. The van der Waals surface area contributed by atoms with Crippen LogP contribution in [-0.2, 0) is 13.1 Å². The first kappa shape index (κ1) is 22.3. The first-order valence-corrected chi connectivity index (χ1v) is 12.8. The Morgan fingerprint density at radius 1 is 0.500 bits per heavy atom. The van der Waals surface area contributed by atoms with E-state index in [1.165, 1.54) is 20.7 Å². The fourth-order valence-electron chi connectivity index (χ4n) is 5.61. The van der Waals surface area contributed by atoms with Crippen LogP contribution in [0.2, 0.25) is 0 Å². The predicted molar refractivity (Wildman–Crippen MR) is 155 cm³/mol. The molecular weight excluding hydrogens is 468 g/mol. The molecule has 0 atom stereocenters. The molecule has 1 aromatic heterocycles. The second kappa shape index (κ2) is 8.86. The highest BCUT2D eigenvalue weighted by molar-refractivity contribution is 6.25. The number of aromatic nitrogens is 2. The van der Waals surface area contributed by atoms with Crippen LogP contribution in [0.15, 0.2) is 131 Å². The molecule has 0 fully saturated rings. The highest BCUT2D eigenvalue weighted by Crippen LogP contribution is 2.38. The van der Waals surface area contributed by atoms with E-state index in [1.807, 2.05) is 66.7 Å². The molecule has 182 valence electrons. The van der Waals surface area contributed by atoms with Crippen molar-refractivity contribution in [1.29, 1.82) is 0 Å². The van der Waals surface area contributed by atoms with Crippen molar-refractivity contribution in [3.63, 3.8) is 0 Å². The molecular formula is C34H24N2O2. The SMILES string of the molecule is O=c1c(-c2ccc3ccc4cccc5ccc2c3c45)cn(Cc2ccccc2)c(=O)n1Cc1ccccc1. The second-order valence-corrected chi connectivity index (χ2v) is 9.78. The molecule has 0 aliphatic carbocycles. The number of benzene rings is 6. The van der Waals surface area contributed by atoms with Crippen molar-refractivity contribution in [2.24, 2.45) is 0 Å². The summed E-state index contributed by atoms with van der Waals surface area (Å²) in [6.45, 7) is 0.598. The average molecular weight is 493 g/mol. The summed E-state index contributed by atoms with van der Waals surface area (Å²) in [7, 11) is 0. The van der Waals surface area contributed by atoms with Crippen molar-refractivity contribution < 1.29 is 0 Å². The average Bonchev–Trinajstić information content (AvgIpc) is 2.97. The summed E-state index contributed by atoms with van der Waals surface area (Å²) < 4.78 is 3.03. The molecule has 7 aromatic rings. The van der Waals surface area contributed by atoms with E-state index in [4.69, 9.17) is 0 Å². The minimum atomic E-state index is -0.316. The van der Waals surface area contributed by atoms with Crippen molar-refractivity contribution in [2.75, 3.05) is 0 Å². The van der Waals surface area contributed by atoms with Crippen molar-refractivity contribution in [3.8, 4) is 11.1 Å². The lowest BCUT2D eigenvalue weighted by atomic mass is 9.90. The minimum Gasteiger partial charge on any atom is -0.295 e. The minimum absolute atomic E-state index is 0.215. The van der Waals surface area contributed by atoms with Crippen LogP contribution in [0.25, 0.3) is 43.4 Å². The van der Waals surface area contributed by atoms with Crippen molar-refractivity contribution >= 4 is 32.3 Å². The highest BCUT2D eigenvalue weighted by Gasteiger charge is 2.18. The van der Waals surface area contributed by atoms with Gasteiger partial charge >= 0.3 is 5.69 Å². The van der Waals surface area contributed by atoms with Gasteiger partial charge in [-0.1, -0.05) is 115 Å². The summed E-state index contributed by atoms with van der Waals surface area (Å²) in [5.41, 5.74) is 2.67. The molecule has 0 saturated carbocycles. The van der Waals surface area contributed by atoms with E-state index in [2.05, 4.69) is 48.5 Å². The van der Waals surface area contributed by atoms with Gasteiger partial charge in [-0.25, -0.2) is 4.79 Å². The van der Waals surface area contributed by atoms with Gasteiger partial charge in [0.25, 0.3) is 5.56 Å². The Hall–Kier alpha value is -4.96. The first-order valence-electron chi connectivity index (χ1n) is 12.8. The molecule has 0 aliphatic rings. The lowest BCUT2D eigenvalue weighted by Gasteiger charge is -2.17. The maximum absolute atomic E-state index is 14.0. The second-order valence-electron chi connectivity index (χ2n) is 9.78. The first-order chi connectivity index (χ1) is 18.7. The third-order valence-corrected chi connectivity index (χ3v) is 7.44. The quantitative estimate of drug-likeness (QED) is 0.252. The summed E-state index contributed by atoms with van der Waals surface area (Å²) in [5.74, 6) is 0. The monoisotopic (exact) mass is 492 g/mol. The van der Waals surface area contributed by atoms with Gasteiger partial charge in [0, 0.05) is 6.20 Å². The van der Waals surface area contributed by atoms with Crippen LogP contribution in [0.1, 0.15) is 11.1 Å². The highest BCUT2D eigenvalue weighted by atomic mass is 16.2. The molecule has 0 unspecified atom stereocenters. The molecule has 4 nitrogen and oxygen atoms in total. The van der Waals surface area contributed by atoms with Gasteiger partial charge in [0.2, 0.25) is 0 Å². The van der Waals surface area contributed by atoms with Crippen LogP contribution in [0.4, 0.5) is 0 Å². The molecule has 0 N–H and O–H groups in total. The molecule has 0 radical (unpaired) electrons. The summed E-state index contributed by atoms with van der Waals surface area (Å²) in [6, 6.07) is 38.5. The van der Waals surface area contributed by atoms with Gasteiger partial charge in [-0.3, -0.25) is 13.9 Å². The maximum atomic E-state index is 14.0. The zero-order chi connectivity index (χ0) is 25.6. The van der Waals surface area contributed by atoms with Crippen LogP contribution >= 0.6 is 0 Å². The maximum Gasteiger partial charge on any atom is 0.331 e. The Balaban J connectivity index is 1.51. The summed E-state index contributed by atoms with van der Waals surface area (Å²) in [4.78, 5) is 27.7. The standard InChI is InChI=1S/C34H24N2O2/c37-33-30(28-18-16-27-15-14-25-12-7-13-26-17-19-29(28)32(27)31(25)26)22-35(20-23-8-3-1-4-9-23)34(38)36(33)21-24-10-5-2-6-11-24/h1-19,22H,20-21H2. The Morgan fingerprint density at radius 2 is 1.08 bits per heavy atom. The fraction of sp³-hybridized carbons (Fsp3) is 0.0588. The van der Waals surface area contributed by atoms with Crippen LogP contribution in [0, 0.1) is 0 Å². The van der Waals surface area contributed by atoms with E-state index in [1.54, 1.807) is 10.8 Å². The van der Waals surface area contributed by atoms with Gasteiger partial charge in [-0.05, 0) is 49.0 Å². The van der Waals surface area contributed by atoms with Gasteiger partial charge in [0.15, 0.2) is 0 Å². The van der Waals surface area contributed by atoms with Crippen molar-refractivity contribution in [3.05, 3.63) is 153 Å². The lowest BCUT2D eigenvalue weighted by molar-refractivity contribution is 0.614. The molecule has 0 aliphatic heterocycles. The van der Waals surface area contributed by atoms with Crippen molar-refractivity contribution in [2.45, 2.75) is 13.1 Å². The summed E-state index contributed by atoms with van der Waals surface area (Å²) in [6.07, 6.45) is 1.74. The van der Waals surface area contributed by atoms with Gasteiger partial charge in [0.05, 0.1) is 18.7 Å². The zero-order valence-corrected chi connectivity index (χ0v) is 20.7. The summed E-state index contributed by atoms with van der Waals surface area (Å²) >= 11 is 0. The molecule has 7 rings (SSSR count). The Bertz CT molecular complexity index is 2040. The topological polar surface area (TPSA) is 44.0 Å². The number of hydrogen-bond donors (Lipinski definition) is 0. The van der Waals surface area contributed by atoms with E-state index < -0.39 is 0 Å². The van der Waals surface area contributed by atoms with Crippen LogP contribution in [0.3, 0.4) is 0 Å². The molecule has 0 spiro atoms. The smallest absolute Gasteiger partial charge is 0.295 e. The van der Waals surface area contributed by atoms with E-state index in [9.17, 15) is 9.59 Å². The zero-order valence-electron chi connectivity index (χ0n) is 20.7. The predicted octanol–water partition coefficient (Wildman–Crippen LogP) is 6.67. The third-order valence-electron chi connectivity index (χ3n) is 7.44. The van der Waals surface area contributed by atoms with Gasteiger partial charge in [-0.15, -0.1) is 0 Å². The largest absolute Gasteiger partial charge is 0.331 e. The van der Waals surface area contributed by atoms with Crippen molar-refractivity contribution in [1.82, 2.24) is 9.13 Å². The van der Waals surface area contributed by atoms with Crippen LogP contribution in [-0.4, -0.2) is 9.13 Å².